The molecule has 0 aliphatic rings. The maximum atomic E-state index is 12.5. The van der Waals surface area contributed by atoms with Gasteiger partial charge in [0.05, 0.1) is 11.0 Å². The average molecular weight is 309 g/mol. The minimum atomic E-state index is -2.33. The summed E-state index contributed by atoms with van der Waals surface area (Å²) in [5.74, 6) is 0. The normalized spacial score (nSPS) is 12.3. The van der Waals surface area contributed by atoms with Crippen molar-refractivity contribution in [2.24, 2.45) is 0 Å². The van der Waals surface area contributed by atoms with Crippen LogP contribution < -0.4 is 35.0 Å². The summed E-state index contributed by atoms with van der Waals surface area (Å²) in [6.45, 7) is 2.70. The summed E-state index contributed by atoms with van der Waals surface area (Å²) in [4.78, 5) is 12.6. The van der Waals surface area contributed by atoms with Gasteiger partial charge in [0, 0.05) is 22.2 Å². The van der Waals surface area contributed by atoms with Crippen LogP contribution in [0.4, 0.5) is 0 Å². The first-order valence-electron chi connectivity index (χ1n) is 6.28. The molecule has 102 valence electrons. The molecule has 0 spiro atoms. The van der Waals surface area contributed by atoms with Crippen LogP contribution in [-0.4, -0.2) is 13.3 Å². The zero-order valence-corrected chi connectivity index (χ0v) is 14.6. The molecule has 1 atom stereocenters. The number of rotatable bonds is 2. The third-order valence-electron chi connectivity index (χ3n) is 3.45. The van der Waals surface area contributed by atoms with Gasteiger partial charge in [-0.1, -0.05) is 12.1 Å². The Balaban J connectivity index is 0.00000161. The van der Waals surface area contributed by atoms with Crippen LogP contribution in [0.25, 0.3) is 21.8 Å². The van der Waals surface area contributed by atoms with Crippen molar-refractivity contribution in [3.05, 3.63) is 52.7 Å². The molecule has 1 unspecified atom stereocenters. The van der Waals surface area contributed by atoms with E-state index in [1.807, 2.05) is 29.7 Å². The molecule has 0 aliphatic carbocycles. The van der Waals surface area contributed by atoms with E-state index in [2.05, 4.69) is 0 Å². The smallest absolute Gasteiger partial charge is 0.768 e. The minimum absolute atomic E-state index is 0. The van der Waals surface area contributed by atoms with Gasteiger partial charge in [0.1, 0.15) is 0 Å². The van der Waals surface area contributed by atoms with Crippen LogP contribution in [0, 0.1) is 0 Å². The molecule has 2 aromatic carbocycles. The monoisotopic (exact) mass is 309 g/mol. The van der Waals surface area contributed by atoms with E-state index >= 15 is 0 Å². The van der Waals surface area contributed by atoms with Gasteiger partial charge < -0.3 is 9.12 Å². The molecular formula is C15H12NNaO3S. The van der Waals surface area contributed by atoms with Crippen LogP contribution in [0.1, 0.15) is 6.92 Å². The van der Waals surface area contributed by atoms with Gasteiger partial charge >= 0.3 is 29.6 Å². The summed E-state index contributed by atoms with van der Waals surface area (Å²) in [6, 6.07) is 12.0. The number of hydrogen-bond donors (Lipinski definition) is 0. The van der Waals surface area contributed by atoms with Crippen molar-refractivity contribution in [2.75, 3.05) is 0 Å². The molecule has 3 rings (SSSR count). The summed E-state index contributed by atoms with van der Waals surface area (Å²) in [7, 11) is 0. The summed E-state index contributed by atoms with van der Waals surface area (Å²) in [5.41, 5.74) is 1.49. The Morgan fingerprint density at radius 3 is 2.43 bits per heavy atom. The standard InChI is InChI=1S/C15H13NO3S.Na/c1-2-16-13-6-4-3-5-11(13)15(17)12-9-10(20(18)19)7-8-14(12)16;/h3-9H,2H2,1H3,(H,18,19);/q;+1/p-1. The predicted molar refractivity (Wildman–Crippen MR) is 78.6 cm³/mol. The molecule has 3 aromatic rings. The van der Waals surface area contributed by atoms with Crippen LogP contribution >= 0.6 is 0 Å². The van der Waals surface area contributed by atoms with Gasteiger partial charge in [-0.05, 0) is 48.3 Å². The summed E-state index contributed by atoms with van der Waals surface area (Å²) < 4.78 is 24.1. The van der Waals surface area contributed by atoms with E-state index in [-0.39, 0.29) is 39.9 Å². The number of nitrogens with zero attached hydrogens (tertiary/aromatic N) is 1. The van der Waals surface area contributed by atoms with E-state index in [9.17, 15) is 13.6 Å². The second-order valence-electron chi connectivity index (χ2n) is 4.50. The fraction of sp³-hybridized carbons (Fsp3) is 0.133. The van der Waals surface area contributed by atoms with Crippen molar-refractivity contribution >= 4 is 32.9 Å². The molecule has 0 fully saturated rings. The van der Waals surface area contributed by atoms with Crippen LogP contribution in [0.3, 0.4) is 0 Å². The Kier molecular flexibility index (Phi) is 5.01. The fourth-order valence-electron chi connectivity index (χ4n) is 2.55. The van der Waals surface area contributed by atoms with E-state index < -0.39 is 11.1 Å². The second kappa shape index (κ2) is 6.42. The van der Waals surface area contributed by atoms with E-state index in [1.165, 1.54) is 12.1 Å². The number of benzene rings is 2. The Morgan fingerprint density at radius 2 is 1.76 bits per heavy atom. The van der Waals surface area contributed by atoms with E-state index in [0.717, 1.165) is 11.0 Å². The number of pyridine rings is 1. The van der Waals surface area contributed by atoms with Gasteiger partial charge in [-0.2, -0.15) is 0 Å². The van der Waals surface area contributed by atoms with E-state index in [0.29, 0.717) is 17.3 Å². The summed E-state index contributed by atoms with van der Waals surface area (Å²) in [6.07, 6.45) is 0. The third kappa shape index (κ3) is 2.72. The molecule has 21 heavy (non-hydrogen) atoms. The molecule has 0 radical (unpaired) electrons. The zero-order chi connectivity index (χ0) is 14.3. The van der Waals surface area contributed by atoms with Crippen LogP contribution in [-0.2, 0) is 17.6 Å². The van der Waals surface area contributed by atoms with Crippen molar-refractivity contribution in [1.82, 2.24) is 4.57 Å². The second-order valence-corrected chi connectivity index (χ2v) is 5.45. The fourth-order valence-corrected chi connectivity index (χ4v) is 2.95. The largest absolute Gasteiger partial charge is 1.00 e. The SMILES string of the molecule is CCn1c2ccccc2c(=O)c2cc(S(=O)[O-])ccc21.[Na+]. The first kappa shape index (κ1) is 16.4. The van der Waals surface area contributed by atoms with Gasteiger partial charge in [0.25, 0.3) is 0 Å². The average Bonchev–Trinajstić information content (AvgIpc) is 2.47. The maximum absolute atomic E-state index is 12.5. The molecule has 4 nitrogen and oxygen atoms in total. The summed E-state index contributed by atoms with van der Waals surface area (Å²) in [5, 5.41) is 1.04. The van der Waals surface area contributed by atoms with Gasteiger partial charge in [0.2, 0.25) is 0 Å². The van der Waals surface area contributed by atoms with Crippen LogP contribution in [0.15, 0.2) is 52.2 Å². The molecule has 1 aromatic heterocycles. The van der Waals surface area contributed by atoms with Crippen LogP contribution in [0.5, 0.6) is 0 Å². The van der Waals surface area contributed by atoms with Gasteiger partial charge in [-0.15, -0.1) is 0 Å². The molecule has 0 amide bonds. The molecule has 0 bridgehead atoms. The minimum Gasteiger partial charge on any atom is -0.768 e. The van der Waals surface area contributed by atoms with Crippen molar-refractivity contribution in [3.63, 3.8) is 0 Å². The van der Waals surface area contributed by atoms with Crippen molar-refractivity contribution < 1.29 is 38.3 Å². The molecule has 1 heterocycles. The predicted octanol–water partition coefficient (Wildman–Crippen LogP) is -0.583. The quantitative estimate of drug-likeness (QED) is 0.361. The number of aryl methyl sites for hydroxylation is 1. The number of para-hydroxylation sites is 1. The van der Waals surface area contributed by atoms with Gasteiger partial charge in [-0.25, -0.2) is 0 Å². The molecule has 6 heteroatoms. The first-order valence-corrected chi connectivity index (χ1v) is 7.35. The molecule has 0 aliphatic heterocycles. The molecular weight excluding hydrogens is 297 g/mol. The summed E-state index contributed by atoms with van der Waals surface area (Å²) >= 11 is -2.33. The van der Waals surface area contributed by atoms with Crippen molar-refractivity contribution in [1.29, 1.82) is 0 Å². The number of hydrogen-bond acceptors (Lipinski definition) is 3. The molecule has 0 saturated carbocycles. The maximum Gasteiger partial charge on any atom is 1.00 e. The Hall–Kier alpha value is -0.980. The topological polar surface area (TPSA) is 62.1 Å². The van der Waals surface area contributed by atoms with Crippen molar-refractivity contribution in [3.8, 4) is 0 Å². The molecule has 0 N–H and O–H groups in total. The molecule has 0 saturated heterocycles. The van der Waals surface area contributed by atoms with Crippen LogP contribution in [0.2, 0.25) is 0 Å². The number of aromatic nitrogens is 1. The Bertz CT molecular complexity index is 904. The van der Waals surface area contributed by atoms with Crippen molar-refractivity contribution in [2.45, 2.75) is 18.4 Å². The van der Waals surface area contributed by atoms with E-state index in [1.54, 1.807) is 12.1 Å². The third-order valence-corrected chi connectivity index (χ3v) is 4.09. The number of fused-ring (bicyclic) bond motifs is 2. The zero-order valence-electron chi connectivity index (χ0n) is 11.8. The van der Waals surface area contributed by atoms with E-state index in [4.69, 9.17) is 0 Å². The first-order chi connectivity index (χ1) is 9.63. The van der Waals surface area contributed by atoms with Gasteiger partial charge in [0.15, 0.2) is 5.43 Å². The van der Waals surface area contributed by atoms with Gasteiger partial charge in [-0.3, -0.25) is 9.00 Å². The Labute approximate surface area is 146 Å². The Morgan fingerprint density at radius 1 is 1.10 bits per heavy atom.